The quantitative estimate of drug-likeness (QED) is 0.735. The topological polar surface area (TPSA) is 75.6 Å². The number of aromatic hydroxyl groups is 1. The largest absolute Gasteiger partial charge is 0.508 e. The third kappa shape index (κ3) is 6.93. The second kappa shape index (κ2) is 8.68. The molecule has 29 heavy (non-hydrogen) atoms. The molecule has 156 valence electrons. The number of hydrogen-bond donors (Lipinski definition) is 2. The predicted molar refractivity (Wildman–Crippen MR) is 114 cm³/mol. The van der Waals surface area contributed by atoms with Gasteiger partial charge in [-0.2, -0.15) is 0 Å². The Kier molecular flexibility index (Phi) is 6.73. The minimum absolute atomic E-state index is 0.00702. The van der Waals surface area contributed by atoms with Crippen LogP contribution in [0.5, 0.6) is 5.75 Å². The van der Waals surface area contributed by atoms with E-state index in [0.717, 1.165) is 11.1 Å². The number of phenols is 1. The van der Waals surface area contributed by atoms with Gasteiger partial charge in [0.05, 0.1) is 0 Å². The van der Waals surface area contributed by atoms with Crippen molar-refractivity contribution in [2.45, 2.75) is 65.0 Å². The molecule has 1 unspecified atom stereocenters. The Morgan fingerprint density at radius 3 is 1.97 bits per heavy atom. The zero-order chi connectivity index (χ0) is 21.8. The Labute approximate surface area is 173 Å². The summed E-state index contributed by atoms with van der Waals surface area (Å²) in [5.41, 5.74) is 1.75. The van der Waals surface area contributed by atoms with Gasteiger partial charge in [-0.25, -0.2) is 4.79 Å². The van der Waals surface area contributed by atoms with Gasteiger partial charge in [0, 0.05) is 12.0 Å². The molecule has 5 heteroatoms. The average molecular weight is 398 g/mol. The molecular weight excluding hydrogens is 366 g/mol. The highest BCUT2D eigenvalue weighted by atomic mass is 16.6. The second-order valence-corrected chi connectivity index (χ2v) is 9.26. The maximum atomic E-state index is 12.8. The van der Waals surface area contributed by atoms with Crippen LogP contribution in [0.1, 0.15) is 63.0 Å². The van der Waals surface area contributed by atoms with Crippen molar-refractivity contribution in [2.24, 2.45) is 0 Å². The van der Waals surface area contributed by atoms with Crippen LogP contribution in [0.3, 0.4) is 0 Å². The van der Waals surface area contributed by atoms with Crippen LogP contribution in [0, 0.1) is 0 Å². The normalized spacial score (nSPS) is 12.9. The highest BCUT2D eigenvalue weighted by Crippen LogP contribution is 2.22. The third-order valence-electron chi connectivity index (χ3n) is 4.39. The molecule has 0 aliphatic rings. The zero-order valence-corrected chi connectivity index (χ0v) is 18.1. The van der Waals surface area contributed by atoms with E-state index in [0.29, 0.717) is 5.56 Å². The van der Waals surface area contributed by atoms with Crippen LogP contribution < -0.4 is 5.32 Å². The Bertz CT molecular complexity index is 840. The molecule has 0 aliphatic heterocycles. The molecule has 0 saturated carbocycles. The third-order valence-corrected chi connectivity index (χ3v) is 4.39. The molecule has 0 radical (unpaired) electrons. The number of ether oxygens (including phenoxy) is 1. The number of rotatable bonds is 5. The second-order valence-electron chi connectivity index (χ2n) is 9.26. The SMILES string of the molecule is CC(C)(C)OC(=O)C(Cc1ccc(O)cc1)NC(=O)c1ccc(C(C)(C)C)cc1. The maximum absolute atomic E-state index is 12.8. The fraction of sp³-hybridized carbons (Fsp3) is 0.417. The van der Waals surface area contributed by atoms with E-state index in [2.05, 4.69) is 26.1 Å². The van der Waals surface area contributed by atoms with Gasteiger partial charge in [0.2, 0.25) is 0 Å². The summed E-state index contributed by atoms with van der Waals surface area (Å²) in [5, 5.41) is 12.3. The molecule has 5 nitrogen and oxygen atoms in total. The Morgan fingerprint density at radius 2 is 1.48 bits per heavy atom. The van der Waals surface area contributed by atoms with Crippen molar-refractivity contribution in [1.29, 1.82) is 0 Å². The molecule has 1 atom stereocenters. The number of phenolic OH excluding ortho intramolecular Hbond substituents is 1. The first-order chi connectivity index (χ1) is 13.3. The highest BCUT2D eigenvalue weighted by molar-refractivity contribution is 5.97. The summed E-state index contributed by atoms with van der Waals surface area (Å²) in [7, 11) is 0. The summed E-state index contributed by atoms with van der Waals surface area (Å²) >= 11 is 0. The average Bonchev–Trinajstić information content (AvgIpc) is 2.61. The van der Waals surface area contributed by atoms with Crippen molar-refractivity contribution in [3.05, 3.63) is 65.2 Å². The molecule has 0 aliphatic carbocycles. The van der Waals surface area contributed by atoms with Gasteiger partial charge in [-0.15, -0.1) is 0 Å². The maximum Gasteiger partial charge on any atom is 0.329 e. The Hall–Kier alpha value is -2.82. The van der Waals surface area contributed by atoms with Crippen molar-refractivity contribution in [3.63, 3.8) is 0 Å². The van der Waals surface area contributed by atoms with E-state index >= 15 is 0 Å². The summed E-state index contributed by atoms with van der Waals surface area (Å²) < 4.78 is 5.49. The van der Waals surface area contributed by atoms with Gasteiger partial charge in [0.1, 0.15) is 17.4 Å². The monoisotopic (exact) mass is 397 g/mol. The van der Waals surface area contributed by atoms with E-state index in [4.69, 9.17) is 4.74 Å². The molecular formula is C24H31NO4. The van der Waals surface area contributed by atoms with E-state index in [-0.39, 0.29) is 23.5 Å². The van der Waals surface area contributed by atoms with Gasteiger partial charge in [-0.3, -0.25) is 4.79 Å². The highest BCUT2D eigenvalue weighted by Gasteiger charge is 2.27. The van der Waals surface area contributed by atoms with Crippen LogP contribution in [0.25, 0.3) is 0 Å². The van der Waals surface area contributed by atoms with Gasteiger partial charge in [0.25, 0.3) is 5.91 Å². The first kappa shape index (κ1) is 22.5. The van der Waals surface area contributed by atoms with Gasteiger partial charge in [-0.1, -0.05) is 45.0 Å². The molecule has 0 aromatic heterocycles. The summed E-state index contributed by atoms with van der Waals surface area (Å²) in [5.74, 6) is -0.684. The van der Waals surface area contributed by atoms with E-state index in [9.17, 15) is 14.7 Å². The number of carbonyl (C=O) groups is 2. The molecule has 2 aromatic carbocycles. The van der Waals surface area contributed by atoms with Crippen molar-refractivity contribution in [2.75, 3.05) is 0 Å². The van der Waals surface area contributed by atoms with E-state index < -0.39 is 17.6 Å². The first-order valence-electron chi connectivity index (χ1n) is 9.77. The fourth-order valence-electron chi connectivity index (χ4n) is 2.80. The standard InChI is InChI=1S/C24H31NO4/c1-23(2,3)18-11-9-17(10-12-18)21(27)25-20(22(28)29-24(4,5)6)15-16-7-13-19(26)14-8-16/h7-14,20,26H,15H2,1-6H3,(H,25,27). The molecule has 2 N–H and O–H groups in total. The van der Waals surface area contributed by atoms with Crippen LogP contribution in [0.4, 0.5) is 0 Å². The Balaban J connectivity index is 2.20. The van der Waals surface area contributed by atoms with E-state index in [1.54, 1.807) is 57.2 Å². The summed E-state index contributed by atoms with van der Waals surface area (Å²) in [6.45, 7) is 11.7. The Morgan fingerprint density at radius 1 is 0.931 bits per heavy atom. The molecule has 0 spiro atoms. The number of hydrogen-bond acceptors (Lipinski definition) is 4. The van der Waals surface area contributed by atoms with Crippen molar-refractivity contribution < 1.29 is 19.4 Å². The molecule has 0 bridgehead atoms. The lowest BCUT2D eigenvalue weighted by Crippen LogP contribution is -2.45. The van der Waals surface area contributed by atoms with Crippen molar-refractivity contribution in [3.8, 4) is 5.75 Å². The van der Waals surface area contributed by atoms with Crippen molar-refractivity contribution >= 4 is 11.9 Å². The van der Waals surface area contributed by atoms with Crippen LogP contribution >= 0.6 is 0 Å². The van der Waals surface area contributed by atoms with Crippen LogP contribution in [0.15, 0.2) is 48.5 Å². The number of carbonyl (C=O) groups excluding carboxylic acids is 2. The lowest BCUT2D eigenvalue weighted by molar-refractivity contribution is -0.157. The van der Waals surface area contributed by atoms with Gasteiger partial charge in [-0.05, 0) is 61.6 Å². The number of nitrogens with one attached hydrogen (secondary N) is 1. The van der Waals surface area contributed by atoms with Gasteiger partial charge < -0.3 is 15.2 Å². The molecule has 0 saturated heterocycles. The predicted octanol–water partition coefficient (Wildman–Crippen LogP) is 4.37. The lowest BCUT2D eigenvalue weighted by atomic mass is 9.86. The smallest absolute Gasteiger partial charge is 0.329 e. The minimum atomic E-state index is -0.839. The fourth-order valence-corrected chi connectivity index (χ4v) is 2.80. The number of benzene rings is 2. The first-order valence-corrected chi connectivity index (χ1v) is 9.77. The van der Waals surface area contributed by atoms with Crippen molar-refractivity contribution in [1.82, 2.24) is 5.32 Å². The summed E-state index contributed by atoms with van der Waals surface area (Å²) in [6.07, 6.45) is 0.265. The molecule has 2 rings (SSSR count). The summed E-state index contributed by atoms with van der Waals surface area (Å²) in [6, 6.07) is 13.1. The number of esters is 1. The molecule has 1 amide bonds. The van der Waals surface area contributed by atoms with Gasteiger partial charge >= 0.3 is 5.97 Å². The number of amides is 1. The summed E-state index contributed by atoms with van der Waals surface area (Å²) in [4.78, 5) is 25.5. The molecule has 0 fully saturated rings. The zero-order valence-electron chi connectivity index (χ0n) is 18.1. The minimum Gasteiger partial charge on any atom is -0.508 e. The van der Waals surface area contributed by atoms with Crippen LogP contribution in [-0.2, 0) is 21.4 Å². The van der Waals surface area contributed by atoms with E-state index in [1.165, 1.54) is 0 Å². The van der Waals surface area contributed by atoms with Gasteiger partial charge in [0.15, 0.2) is 0 Å². The molecule has 0 heterocycles. The van der Waals surface area contributed by atoms with E-state index in [1.807, 2.05) is 12.1 Å². The van der Waals surface area contributed by atoms with Crippen LogP contribution in [0.2, 0.25) is 0 Å². The lowest BCUT2D eigenvalue weighted by Gasteiger charge is -2.25. The molecule has 2 aromatic rings. The van der Waals surface area contributed by atoms with Crippen LogP contribution in [-0.4, -0.2) is 28.6 Å².